The van der Waals surface area contributed by atoms with E-state index in [1.165, 1.54) is 22.8 Å². The van der Waals surface area contributed by atoms with E-state index >= 15 is 0 Å². The fourth-order valence-electron chi connectivity index (χ4n) is 4.46. The Bertz CT molecular complexity index is 1210. The smallest absolute Gasteiger partial charge is 0.221 e. The van der Waals surface area contributed by atoms with Crippen LogP contribution < -0.4 is 10.5 Å². The molecule has 4 rings (SSSR count). The van der Waals surface area contributed by atoms with Crippen molar-refractivity contribution >= 4 is 5.91 Å². The Hall–Kier alpha value is -4.03. The second-order valence-corrected chi connectivity index (χ2v) is 9.07. The summed E-state index contributed by atoms with van der Waals surface area (Å²) < 4.78 is 20.2. The summed E-state index contributed by atoms with van der Waals surface area (Å²) in [4.78, 5) is 17.6. The maximum atomic E-state index is 14.4. The molecule has 37 heavy (non-hydrogen) atoms. The lowest BCUT2D eigenvalue weighted by Crippen LogP contribution is -2.30. The molecule has 0 fully saturated rings. The first-order valence-electron chi connectivity index (χ1n) is 12.5. The Morgan fingerprint density at radius 2 is 1.54 bits per heavy atom. The number of primary amides is 1. The lowest BCUT2D eigenvalue weighted by Gasteiger charge is -2.28. The summed E-state index contributed by atoms with van der Waals surface area (Å²) in [6.45, 7) is 2.75. The van der Waals surface area contributed by atoms with E-state index in [9.17, 15) is 9.18 Å². The highest BCUT2D eigenvalue weighted by molar-refractivity contribution is 5.76. The molecule has 190 valence electrons. The number of halogens is 1. The number of aromatic nitrogens is 1. The maximum Gasteiger partial charge on any atom is 0.221 e. The fraction of sp³-hybridized carbons (Fsp3) is 0.226. The molecule has 5 nitrogen and oxygen atoms in total. The molecule has 4 aromatic rings. The molecule has 0 aliphatic carbocycles. The van der Waals surface area contributed by atoms with E-state index in [0.717, 1.165) is 26.1 Å². The van der Waals surface area contributed by atoms with Crippen molar-refractivity contribution in [1.29, 1.82) is 0 Å². The van der Waals surface area contributed by atoms with Crippen LogP contribution in [0.25, 0.3) is 0 Å². The Kier molecular flexibility index (Phi) is 9.38. The van der Waals surface area contributed by atoms with Crippen LogP contribution in [0.3, 0.4) is 0 Å². The second kappa shape index (κ2) is 13.3. The Balaban J connectivity index is 1.44. The standard InChI is InChI=1S/C31H32FN3O2/c32-29-20-25(21-31(33)36)12-13-30(29)37-19-7-18-35(22-24-14-16-34-17-15-24)23-28(26-8-3-1-4-9-26)27-10-5-2-6-11-27/h1-6,8-17,20,28H,7,18-19,21-23H2,(H2,33,36). The predicted molar refractivity (Wildman–Crippen MR) is 144 cm³/mol. The largest absolute Gasteiger partial charge is 0.490 e. The van der Waals surface area contributed by atoms with Gasteiger partial charge in [0.05, 0.1) is 13.0 Å². The van der Waals surface area contributed by atoms with Gasteiger partial charge in [-0.3, -0.25) is 14.7 Å². The Labute approximate surface area is 217 Å². The van der Waals surface area contributed by atoms with Crippen molar-refractivity contribution < 1.29 is 13.9 Å². The van der Waals surface area contributed by atoms with Gasteiger partial charge < -0.3 is 10.5 Å². The van der Waals surface area contributed by atoms with Crippen molar-refractivity contribution in [2.75, 3.05) is 19.7 Å². The molecular formula is C31H32FN3O2. The highest BCUT2D eigenvalue weighted by Crippen LogP contribution is 2.26. The Morgan fingerprint density at radius 3 is 2.14 bits per heavy atom. The third-order valence-electron chi connectivity index (χ3n) is 6.25. The van der Waals surface area contributed by atoms with Gasteiger partial charge >= 0.3 is 0 Å². The summed E-state index contributed by atoms with van der Waals surface area (Å²) in [7, 11) is 0. The first kappa shape index (κ1) is 26.0. The van der Waals surface area contributed by atoms with Crippen LogP contribution in [0.1, 0.15) is 34.6 Å². The van der Waals surface area contributed by atoms with Gasteiger partial charge in [-0.1, -0.05) is 66.7 Å². The zero-order valence-electron chi connectivity index (χ0n) is 20.8. The van der Waals surface area contributed by atoms with E-state index < -0.39 is 11.7 Å². The van der Waals surface area contributed by atoms with Crippen molar-refractivity contribution in [1.82, 2.24) is 9.88 Å². The number of nitrogens with two attached hydrogens (primary N) is 1. The highest BCUT2D eigenvalue weighted by atomic mass is 19.1. The molecule has 6 heteroatoms. The van der Waals surface area contributed by atoms with Crippen LogP contribution >= 0.6 is 0 Å². The summed E-state index contributed by atoms with van der Waals surface area (Å²) in [5.41, 5.74) is 9.46. The molecule has 0 saturated carbocycles. The first-order chi connectivity index (χ1) is 18.1. The molecule has 3 aromatic carbocycles. The number of carbonyl (C=O) groups is 1. The van der Waals surface area contributed by atoms with E-state index in [1.807, 2.05) is 36.7 Å². The molecule has 0 saturated heterocycles. The second-order valence-electron chi connectivity index (χ2n) is 9.07. The van der Waals surface area contributed by atoms with Crippen LogP contribution in [0.5, 0.6) is 5.75 Å². The maximum absolute atomic E-state index is 14.4. The SMILES string of the molecule is NC(=O)Cc1ccc(OCCCN(Cc2ccncc2)CC(c2ccccc2)c2ccccc2)c(F)c1. The molecule has 0 unspecified atom stereocenters. The molecule has 0 bridgehead atoms. The molecule has 0 aliphatic rings. The molecular weight excluding hydrogens is 465 g/mol. The molecule has 2 N–H and O–H groups in total. The van der Waals surface area contributed by atoms with Crippen LogP contribution in [-0.2, 0) is 17.8 Å². The van der Waals surface area contributed by atoms with Crippen molar-refractivity contribution in [3.05, 3.63) is 131 Å². The van der Waals surface area contributed by atoms with Gasteiger partial charge in [-0.05, 0) is 52.9 Å². The van der Waals surface area contributed by atoms with E-state index in [2.05, 4.69) is 58.4 Å². The molecule has 1 aromatic heterocycles. The van der Waals surface area contributed by atoms with Gasteiger partial charge in [0.2, 0.25) is 5.91 Å². The van der Waals surface area contributed by atoms with Crippen molar-refractivity contribution in [2.45, 2.75) is 25.3 Å². The summed E-state index contributed by atoms with van der Waals surface area (Å²) in [5, 5.41) is 0. The average Bonchev–Trinajstić information content (AvgIpc) is 2.91. The summed E-state index contributed by atoms with van der Waals surface area (Å²) >= 11 is 0. The number of rotatable bonds is 13. The minimum absolute atomic E-state index is 0.00512. The van der Waals surface area contributed by atoms with Crippen molar-refractivity contribution in [3.63, 3.8) is 0 Å². The van der Waals surface area contributed by atoms with Crippen LogP contribution in [0.15, 0.2) is 103 Å². The van der Waals surface area contributed by atoms with Crippen LogP contribution in [0, 0.1) is 5.82 Å². The fourth-order valence-corrected chi connectivity index (χ4v) is 4.46. The first-order valence-corrected chi connectivity index (χ1v) is 12.5. The van der Waals surface area contributed by atoms with Gasteiger partial charge in [0, 0.05) is 37.9 Å². The third kappa shape index (κ3) is 7.98. The van der Waals surface area contributed by atoms with Crippen molar-refractivity contribution in [3.8, 4) is 5.75 Å². The lowest BCUT2D eigenvalue weighted by atomic mass is 9.90. The molecule has 0 atom stereocenters. The zero-order valence-corrected chi connectivity index (χ0v) is 20.8. The summed E-state index contributed by atoms with van der Waals surface area (Å²) in [6, 6.07) is 29.7. The predicted octanol–water partition coefficient (Wildman–Crippen LogP) is 5.35. The number of nitrogens with zero attached hydrogens (tertiary/aromatic N) is 2. The molecule has 1 amide bonds. The van der Waals surface area contributed by atoms with Gasteiger partial charge in [0.15, 0.2) is 11.6 Å². The van der Waals surface area contributed by atoms with Crippen LogP contribution in [0.2, 0.25) is 0 Å². The van der Waals surface area contributed by atoms with Gasteiger partial charge in [0.25, 0.3) is 0 Å². The molecule has 0 radical (unpaired) electrons. The highest BCUT2D eigenvalue weighted by Gasteiger charge is 2.19. The number of hydrogen-bond donors (Lipinski definition) is 1. The molecule has 1 heterocycles. The third-order valence-corrected chi connectivity index (χ3v) is 6.25. The normalized spacial score (nSPS) is 11.1. The number of carbonyl (C=O) groups excluding carboxylic acids is 1. The van der Waals surface area contributed by atoms with Gasteiger partial charge in [-0.15, -0.1) is 0 Å². The summed E-state index contributed by atoms with van der Waals surface area (Å²) in [6.07, 6.45) is 4.36. The van der Waals surface area contributed by atoms with Crippen LogP contribution in [-0.4, -0.2) is 35.5 Å². The van der Waals surface area contributed by atoms with Crippen molar-refractivity contribution in [2.24, 2.45) is 5.73 Å². The van der Waals surface area contributed by atoms with Gasteiger partial charge in [-0.25, -0.2) is 4.39 Å². The zero-order chi connectivity index (χ0) is 25.9. The van der Waals surface area contributed by atoms with E-state index in [-0.39, 0.29) is 18.1 Å². The molecule has 0 aliphatic heterocycles. The lowest BCUT2D eigenvalue weighted by molar-refractivity contribution is -0.117. The number of ether oxygens (including phenoxy) is 1. The average molecular weight is 498 g/mol. The van der Waals surface area contributed by atoms with Gasteiger partial charge in [-0.2, -0.15) is 0 Å². The van der Waals surface area contributed by atoms with E-state index in [4.69, 9.17) is 10.5 Å². The number of hydrogen-bond acceptors (Lipinski definition) is 4. The topological polar surface area (TPSA) is 68.5 Å². The number of benzene rings is 3. The summed E-state index contributed by atoms with van der Waals surface area (Å²) in [5.74, 6) is -0.590. The Morgan fingerprint density at radius 1 is 0.892 bits per heavy atom. The van der Waals surface area contributed by atoms with Gasteiger partial charge in [0.1, 0.15) is 0 Å². The monoisotopic (exact) mass is 497 g/mol. The van der Waals surface area contributed by atoms with Crippen LogP contribution in [0.4, 0.5) is 4.39 Å². The number of pyridine rings is 1. The number of amides is 1. The minimum Gasteiger partial charge on any atom is -0.490 e. The molecule has 0 spiro atoms. The quantitative estimate of drug-likeness (QED) is 0.253. The van der Waals surface area contributed by atoms with E-state index in [1.54, 1.807) is 12.1 Å². The van der Waals surface area contributed by atoms with E-state index in [0.29, 0.717) is 12.2 Å². The minimum atomic E-state index is -0.494.